The van der Waals surface area contributed by atoms with E-state index >= 15 is 0 Å². The Labute approximate surface area is 152 Å². The van der Waals surface area contributed by atoms with Crippen molar-refractivity contribution >= 4 is 17.8 Å². The Balaban J connectivity index is 1.81. The van der Waals surface area contributed by atoms with Crippen LogP contribution >= 0.6 is 0 Å². The van der Waals surface area contributed by atoms with E-state index in [2.05, 4.69) is 0 Å². The molecule has 1 aromatic carbocycles. The lowest BCUT2D eigenvalue weighted by atomic mass is 9.99. The summed E-state index contributed by atoms with van der Waals surface area (Å²) in [7, 11) is 0. The average Bonchev–Trinajstić information content (AvgIpc) is 3.01. The Bertz CT molecular complexity index is 692. The molecule has 7 nitrogen and oxygen atoms in total. The van der Waals surface area contributed by atoms with Crippen molar-refractivity contribution in [3.8, 4) is 0 Å². The van der Waals surface area contributed by atoms with Gasteiger partial charge in [-0.25, -0.2) is 0 Å². The number of aliphatic carboxylic acids is 1. The molecule has 0 unspecified atom stereocenters. The Kier molecular flexibility index (Phi) is 5.27. The molecule has 2 aliphatic heterocycles. The van der Waals surface area contributed by atoms with Crippen molar-refractivity contribution in [3.05, 3.63) is 35.9 Å². The van der Waals surface area contributed by atoms with Gasteiger partial charge < -0.3 is 19.6 Å². The third-order valence-electron chi connectivity index (χ3n) is 5.26. The molecule has 4 atom stereocenters. The van der Waals surface area contributed by atoms with Gasteiger partial charge in [-0.1, -0.05) is 37.3 Å². The molecule has 2 saturated heterocycles. The molecule has 140 valence electrons. The summed E-state index contributed by atoms with van der Waals surface area (Å²) in [6.45, 7) is 4.45. The molecule has 1 N–H and O–H groups in total. The molecule has 2 heterocycles. The molecule has 2 aliphatic rings. The smallest absolute Gasteiger partial charge is 0.308 e. The summed E-state index contributed by atoms with van der Waals surface area (Å²) in [5.41, 5.74) is 0.936. The second kappa shape index (κ2) is 7.45. The van der Waals surface area contributed by atoms with Crippen LogP contribution in [0.5, 0.6) is 0 Å². The van der Waals surface area contributed by atoms with Gasteiger partial charge in [-0.2, -0.15) is 0 Å². The minimum absolute atomic E-state index is 0.0497. The van der Waals surface area contributed by atoms with Crippen LogP contribution in [0.4, 0.5) is 0 Å². The van der Waals surface area contributed by atoms with Crippen molar-refractivity contribution in [1.82, 2.24) is 9.80 Å². The van der Waals surface area contributed by atoms with E-state index in [-0.39, 0.29) is 30.9 Å². The fourth-order valence-corrected chi connectivity index (χ4v) is 3.74. The van der Waals surface area contributed by atoms with Crippen molar-refractivity contribution < 1.29 is 24.2 Å². The van der Waals surface area contributed by atoms with Crippen LogP contribution in [-0.4, -0.2) is 64.5 Å². The zero-order chi connectivity index (χ0) is 18.8. The first kappa shape index (κ1) is 18.4. The molecule has 0 spiro atoms. The van der Waals surface area contributed by atoms with Gasteiger partial charge in [0.15, 0.2) is 0 Å². The van der Waals surface area contributed by atoms with Crippen molar-refractivity contribution in [3.63, 3.8) is 0 Å². The number of carbonyl (C=O) groups excluding carboxylic acids is 2. The molecule has 0 aliphatic carbocycles. The lowest BCUT2D eigenvalue weighted by molar-refractivity contribution is -0.167. The highest BCUT2D eigenvalue weighted by Crippen LogP contribution is 2.27. The minimum atomic E-state index is -0.891. The summed E-state index contributed by atoms with van der Waals surface area (Å²) < 4.78 is 5.50. The maximum absolute atomic E-state index is 13.1. The van der Waals surface area contributed by atoms with Crippen molar-refractivity contribution in [2.45, 2.75) is 32.5 Å². The summed E-state index contributed by atoms with van der Waals surface area (Å²) in [5, 5.41) is 9.31. The largest absolute Gasteiger partial charge is 0.481 e. The molecule has 0 saturated carbocycles. The van der Waals surface area contributed by atoms with E-state index in [1.54, 1.807) is 16.7 Å². The molecule has 2 amide bonds. The Hall–Kier alpha value is -2.41. The zero-order valence-corrected chi connectivity index (χ0v) is 15.0. The van der Waals surface area contributed by atoms with E-state index in [9.17, 15) is 19.5 Å². The van der Waals surface area contributed by atoms with Crippen LogP contribution in [0.25, 0.3) is 0 Å². The van der Waals surface area contributed by atoms with E-state index in [1.165, 1.54) is 0 Å². The lowest BCUT2D eigenvalue weighted by Gasteiger charge is -2.40. The number of rotatable bonds is 4. The minimum Gasteiger partial charge on any atom is -0.481 e. The van der Waals surface area contributed by atoms with E-state index in [4.69, 9.17) is 4.74 Å². The molecule has 2 fully saturated rings. The van der Waals surface area contributed by atoms with Crippen LogP contribution in [0, 0.1) is 11.8 Å². The molecule has 0 bridgehead atoms. The van der Waals surface area contributed by atoms with Gasteiger partial charge in [0, 0.05) is 19.6 Å². The summed E-state index contributed by atoms with van der Waals surface area (Å²) >= 11 is 0. The molecule has 3 rings (SSSR count). The number of nitrogens with zero attached hydrogens (tertiary/aromatic N) is 2. The second-order valence-corrected chi connectivity index (χ2v) is 7.13. The first-order valence-electron chi connectivity index (χ1n) is 8.85. The van der Waals surface area contributed by atoms with Gasteiger partial charge in [-0.3, -0.25) is 14.4 Å². The predicted octanol–water partition coefficient (Wildman–Crippen LogP) is 0.982. The number of hydrogen-bond acceptors (Lipinski definition) is 4. The number of carbonyl (C=O) groups is 3. The second-order valence-electron chi connectivity index (χ2n) is 7.13. The van der Waals surface area contributed by atoms with Gasteiger partial charge in [-0.05, 0) is 18.4 Å². The van der Waals surface area contributed by atoms with Crippen molar-refractivity contribution in [2.24, 2.45) is 11.8 Å². The SMILES string of the molecule is C[C@@H]1CN(C(=O)[C@@H]2[C@@H](C)OCC(=O)N2Cc2ccccc2)C[C@H]1C(=O)O. The van der Waals surface area contributed by atoms with E-state index in [0.29, 0.717) is 13.1 Å². The molecule has 0 radical (unpaired) electrons. The van der Waals surface area contributed by atoms with Gasteiger partial charge in [-0.15, -0.1) is 0 Å². The number of likely N-dealkylation sites (tertiary alicyclic amines) is 1. The molecule has 26 heavy (non-hydrogen) atoms. The molecule has 7 heteroatoms. The third kappa shape index (κ3) is 3.58. The molecular formula is C19H24N2O5. The van der Waals surface area contributed by atoms with Crippen LogP contribution in [0.1, 0.15) is 19.4 Å². The summed E-state index contributed by atoms with van der Waals surface area (Å²) in [4.78, 5) is 40.0. The number of ether oxygens (including phenoxy) is 1. The number of benzene rings is 1. The highest BCUT2D eigenvalue weighted by Gasteiger charge is 2.45. The van der Waals surface area contributed by atoms with Crippen LogP contribution in [0.15, 0.2) is 30.3 Å². The fraction of sp³-hybridized carbons (Fsp3) is 0.526. The molecular weight excluding hydrogens is 336 g/mol. The van der Waals surface area contributed by atoms with Gasteiger partial charge in [0.2, 0.25) is 11.8 Å². The average molecular weight is 360 g/mol. The first-order valence-corrected chi connectivity index (χ1v) is 8.85. The maximum atomic E-state index is 13.1. The van der Waals surface area contributed by atoms with Crippen molar-refractivity contribution in [1.29, 1.82) is 0 Å². The number of morpholine rings is 1. The van der Waals surface area contributed by atoms with Gasteiger partial charge in [0.05, 0.1) is 12.0 Å². The monoisotopic (exact) mass is 360 g/mol. The Morgan fingerprint density at radius 3 is 2.50 bits per heavy atom. The van der Waals surface area contributed by atoms with Crippen LogP contribution < -0.4 is 0 Å². The fourth-order valence-electron chi connectivity index (χ4n) is 3.74. The van der Waals surface area contributed by atoms with Crippen LogP contribution in [0.3, 0.4) is 0 Å². The highest BCUT2D eigenvalue weighted by molar-refractivity contribution is 5.90. The quantitative estimate of drug-likeness (QED) is 0.865. The van der Waals surface area contributed by atoms with Gasteiger partial charge >= 0.3 is 5.97 Å². The lowest BCUT2D eigenvalue weighted by Crippen LogP contribution is -2.60. The topological polar surface area (TPSA) is 87.2 Å². The van der Waals surface area contributed by atoms with E-state index < -0.39 is 24.0 Å². The maximum Gasteiger partial charge on any atom is 0.308 e. The standard InChI is InChI=1S/C19H24N2O5/c1-12-8-20(10-15(12)19(24)25)18(23)17-13(2)26-11-16(22)21(17)9-14-6-4-3-5-7-14/h3-7,12-13,15,17H,8-11H2,1-2H3,(H,24,25)/t12-,13-,15-,17+/m1/s1. The number of carboxylic acids is 1. The Morgan fingerprint density at radius 1 is 1.19 bits per heavy atom. The van der Waals surface area contributed by atoms with E-state index in [0.717, 1.165) is 5.56 Å². The number of carboxylic acid groups (broad SMARTS) is 1. The third-order valence-corrected chi connectivity index (χ3v) is 5.26. The van der Waals surface area contributed by atoms with Crippen LogP contribution in [-0.2, 0) is 25.7 Å². The summed E-state index contributed by atoms with van der Waals surface area (Å²) in [5.74, 6) is -2.05. The number of amides is 2. The van der Waals surface area contributed by atoms with Crippen LogP contribution in [0.2, 0.25) is 0 Å². The zero-order valence-electron chi connectivity index (χ0n) is 15.0. The Morgan fingerprint density at radius 2 is 1.88 bits per heavy atom. The van der Waals surface area contributed by atoms with Gasteiger partial charge in [0.25, 0.3) is 0 Å². The number of hydrogen-bond donors (Lipinski definition) is 1. The normalized spacial score (nSPS) is 29.1. The summed E-state index contributed by atoms with van der Waals surface area (Å²) in [6, 6.07) is 8.75. The molecule has 1 aromatic rings. The van der Waals surface area contributed by atoms with Gasteiger partial charge in [0.1, 0.15) is 12.6 Å². The van der Waals surface area contributed by atoms with E-state index in [1.807, 2.05) is 37.3 Å². The highest BCUT2D eigenvalue weighted by atomic mass is 16.5. The van der Waals surface area contributed by atoms with Crippen molar-refractivity contribution in [2.75, 3.05) is 19.7 Å². The molecule has 0 aromatic heterocycles. The first-order chi connectivity index (χ1) is 12.4. The summed E-state index contributed by atoms with van der Waals surface area (Å²) in [6.07, 6.45) is -0.442. The predicted molar refractivity (Wildman–Crippen MR) is 93.1 cm³/mol.